The number of ether oxygens (including phenoxy) is 2. The molecule has 14 nitrogen and oxygen atoms in total. The third kappa shape index (κ3) is 6.30. The second-order valence-corrected chi connectivity index (χ2v) is 12.6. The minimum atomic E-state index is -3.43. The van der Waals surface area contributed by atoms with E-state index in [0.29, 0.717) is 5.75 Å². The molecule has 6 N–H and O–H groups in total. The highest BCUT2D eigenvalue weighted by Crippen LogP contribution is 2.47. The van der Waals surface area contributed by atoms with E-state index in [1.807, 2.05) is 0 Å². The van der Waals surface area contributed by atoms with Gasteiger partial charge in [0.1, 0.15) is 29.6 Å². The Morgan fingerprint density at radius 3 is 2.72 bits per heavy atom. The maximum absolute atomic E-state index is 12.4. The molecule has 1 saturated heterocycles. The predicted molar refractivity (Wildman–Crippen MR) is 144 cm³/mol. The van der Waals surface area contributed by atoms with E-state index in [1.54, 1.807) is 51.1 Å². The molecule has 0 amide bonds. The number of aliphatic hydroxyl groups is 2. The van der Waals surface area contributed by atoms with Crippen LogP contribution in [0, 0.1) is 0 Å². The number of rotatable bonds is 10. The van der Waals surface area contributed by atoms with Crippen LogP contribution < -0.4 is 20.9 Å². The zero-order valence-electron chi connectivity index (χ0n) is 21.7. The van der Waals surface area contributed by atoms with Gasteiger partial charge >= 0.3 is 12.6 Å². The number of aromatic nitrogens is 4. The van der Waals surface area contributed by atoms with Crippen molar-refractivity contribution in [1.29, 1.82) is 0 Å². The van der Waals surface area contributed by atoms with Crippen LogP contribution in [-0.4, -0.2) is 72.3 Å². The molecule has 1 aliphatic rings. The van der Waals surface area contributed by atoms with Gasteiger partial charge in [-0.1, -0.05) is 18.2 Å². The van der Waals surface area contributed by atoms with Crippen molar-refractivity contribution < 1.29 is 33.5 Å². The molecule has 1 fully saturated rings. The molecular formula is C23H31N6O8PS. The largest absolute Gasteiger partial charge is 0.462 e. The SMILES string of the molecule is CC(C)OC(=O)C(C)NP(=S)(OCC1OC(n2cnc3c(=O)[nH]c(N)nc32)C(C)(O)C1O)Oc1ccccc1. The molecule has 1 aromatic carbocycles. The normalized spacial score (nSPS) is 25.5. The van der Waals surface area contributed by atoms with Crippen molar-refractivity contribution in [3.05, 3.63) is 47.0 Å². The molecule has 4 rings (SSSR count). The lowest BCUT2D eigenvalue weighted by atomic mass is 9.96. The molecule has 0 aliphatic carbocycles. The summed E-state index contributed by atoms with van der Waals surface area (Å²) in [7, 11) is 0. The first-order chi connectivity index (χ1) is 18.3. The lowest BCUT2D eigenvalue weighted by Gasteiger charge is -2.28. The molecule has 0 saturated carbocycles. The average Bonchev–Trinajstić information content (AvgIpc) is 3.36. The second kappa shape index (κ2) is 11.3. The Labute approximate surface area is 228 Å². The zero-order valence-corrected chi connectivity index (χ0v) is 23.4. The van der Waals surface area contributed by atoms with Crippen molar-refractivity contribution in [3.63, 3.8) is 0 Å². The maximum Gasteiger partial charge on any atom is 0.323 e. The molecule has 0 spiro atoms. The van der Waals surface area contributed by atoms with E-state index in [4.69, 9.17) is 36.1 Å². The topological polar surface area (TPSA) is 196 Å². The number of hydrogen-bond donors (Lipinski definition) is 5. The Morgan fingerprint density at radius 2 is 2.05 bits per heavy atom. The zero-order chi connectivity index (χ0) is 28.5. The Hall–Kier alpha value is -2.91. The number of carbonyl (C=O) groups excluding carboxylic acids is 1. The van der Waals surface area contributed by atoms with E-state index < -0.39 is 48.2 Å². The van der Waals surface area contributed by atoms with Gasteiger partial charge in [-0.05, 0) is 51.6 Å². The standard InChI is InChI=1S/C23H31N6O8PS/c1-12(2)35-20(32)13(3)28-38(39,37-14-8-6-5-7-9-14)34-10-15-17(30)23(4,33)21(36-15)29-11-25-16-18(29)26-22(24)27-19(16)31/h5-9,11-13,15,17,21,30,33H,10H2,1-4H3,(H,28,39)(H3,24,26,27,31). The molecule has 39 heavy (non-hydrogen) atoms. The van der Waals surface area contributed by atoms with Crippen LogP contribution in [0.4, 0.5) is 5.95 Å². The van der Waals surface area contributed by atoms with Gasteiger partial charge < -0.3 is 34.5 Å². The molecule has 3 aromatic rings. The highest BCUT2D eigenvalue weighted by atomic mass is 32.5. The number of para-hydroxylation sites is 1. The number of nitrogens with two attached hydrogens (primary N) is 1. The number of esters is 1. The van der Waals surface area contributed by atoms with Gasteiger partial charge in [-0.15, -0.1) is 0 Å². The lowest BCUT2D eigenvalue weighted by molar-refractivity contribution is -0.149. The number of fused-ring (bicyclic) bond motifs is 1. The second-order valence-electron chi connectivity index (χ2n) is 9.51. The number of aromatic amines is 1. The summed E-state index contributed by atoms with van der Waals surface area (Å²) in [6.07, 6.45) is -2.84. The molecule has 0 radical (unpaired) electrons. The van der Waals surface area contributed by atoms with E-state index in [1.165, 1.54) is 17.8 Å². The first-order valence-corrected chi connectivity index (χ1v) is 14.7. The van der Waals surface area contributed by atoms with Crippen LogP contribution in [0.15, 0.2) is 41.5 Å². The molecule has 212 valence electrons. The maximum atomic E-state index is 12.4. The van der Waals surface area contributed by atoms with Crippen LogP contribution >= 0.6 is 6.64 Å². The Morgan fingerprint density at radius 1 is 1.36 bits per heavy atom. The summed E-state index contributed by atoms with van der Waals surface area (Å²) in [5.41, 5.74) is 3.30. The lowest BCUT2D eigenvalue weighted by Crippen LogP contribution is -2.44. The van der Waals surface area contributed by atoms with E-state index in [0.717, 1.165) is 0 Å². The van der Waals surface area contributed by atoms with Crippen LogP contribution in [0.25, 0.3) is 11.2 Å². The highest BCUT2D eigenvalue weighted by Gasteiger charge is 2.54. The minimum Gasteiger partial charge on any atom is -0.462 e. The van der Waals surface area contributed by atoms with E-state index >= 15 is 0 Å². The number of imidazole rings is 1. The van der Waals surface area contributed by atoms with Gasteiger partial charge in [0.15, 0.2) is 17.4 Å². The fourth-order valence-electron chi connectivity index (χ4n) is 4.00. The molecule has 2 aromatic heterocycles. The number of hydrogen-bond acceptors (Lipinski definition) is 12. The van der Waals surface area contributed by atoms with E-state index in [-0.39, 0.29) is 29.8 Å². The van der Waals surface area contributed by atoms with Crippen LogP contribution in [-0.2, 0) is 30.6 Å². The molecule has 6 unspecified atom stereocenters. The number of H-pyrrole nitrogens is 1. The third-order valence-corrected chi connectivity index (χ3v) is 8.39. The van der Waals surface area contributed by atoms with Crippen LogP contribution in [0.1, 0.15) is 33.9 Å². The number of aliphatic hydroxyl groups excluding tert-OH is 1. The molecule has 6 atom stereocenters. The summed E-state index contributed by atoms with van der Waals surface area (Å²) in [5.74, 6) is -0.301. The van der Waals surface area contributed by atoms with Crippen molar-refractivity contribution in [1.82, 2.24) is 24.6 Å². The van der Waals surface area contributed by atoms with Gasteiger partial charge in [-0.3, -0.25) is 19.1 Å². The van der Waals surface area contributed by atoms with Gasteiger partial charge in [0.2, 0.25) is 5.95 Å². The summed E-state index contributed by atoms with van der Waals surface area (Å²) in [6.45, 7) is 2.63. The molecular weight excluding hydrogens is 551 g/mol. The molecule has 1 aliphatic heterocycles. The van der Waals surface area contributed by atoms with Gasteiger partial charge in [0, 0.05) is 0 Å². The third-order valence-electron chi connectivity index (χ3n) is 5.89. The molecule has 3 heterocycles. The van der Waals surface area contributed by atoms with Crippen LogP contribution in [0.5, 0.6) is 5.75 Å². The molecule has 0 bridgehead atoms. The minimum absolute atomic E-state index is 0.0176. The summed E-state index contributed by atoms with van der Waals surface area (Å²) < 4.78 is 24.5. The summed E-state index contributed by atoms with van der Waals surface area (Å²) in [6, 6.07) is 7.77. The number of anilines is 1. The van der Waals surface area contributed by atoms with Gasteiger partial charge in [0.25, 0.3) is 5.56 Å². The number of benzene rings is 1. The number of nitrogen functional groups attached to an aromatic ring is 1. The smallest absolute Gasteiger partial charge is 0.323 e. The van der Waals surface area contributed by atoms with Crippen molar-refractivity contribution in [2.24, 2.45) is 0 Å². The van der Waals surface area contributed by atoms with Gasteiger partial charge in [-0.25, -0.2) is 10.1 Å². The van der Waals surface area contributed by atoms with Gasteiger partial charge in [-0.2, -0.15) is 4.98 Å². The first-order valence-electron chi connectivity index (χ1n) is 12.1. The fraction of sp³-hybridized carbons (Fsp3) is 0.478. The van der Waals surface area contributed by atoms with Crippen molar-refractivity contribution in [3.8, 4) is 5.75 Å². The number of nitrogens with one attached hydrogen (secondary N) is 2. The fourth-order valence-corrected chi connectivity index (χ4v) is 6.42. The average molecular weight is 583 g/mol. The van der Waals surface area contributed by atoms with E-state index in [9.17, 15) is 19.8 Å². The van der Waals surface area contributed by atoms with Crippen LogP contribution in [0.3, 0.4) is 0 Å². The van der Waals surface area contributed by atoms with Crippen LogP contribution in [0.2, 0.25) is 0 Å². The van der Waals surface area contributed by atoms with Gasteiger partial charge in [0.05, 0.1) is 19.0 Å². The molecule has 16 heteroatoms. The quantitative estimate of drug-likeness (QED) is 0.168. The number of nitrogens with zero attached hydrogens (tertiary/aromatic N) is 3. The highest BCUT2D eigenvalue weighted by molar-refractivity contribution is 8.09. The summed E-state index contributed by atoms with van der Waals surface area (Å²) >= 11 is 5.70. The first kappa shape index (κ1) is 29.1. The van der Waals surface area contributed by atoms with Crippen molar-refractivity contribution in [2.45, 2.75) is 63.9 Å². The Bertz CT molecular complexity index is 1430. The van der Waals surface area contributed by atoms with E-state index in [2.05, 4.69) is 20.0 Å². The monoisotopic (exact) mass is 582 g/mol. The predicted octanol–water partition coefficient (Wildman–Crippen LogP) is 0.961. The van der Waals surface area contributed by atoms with Crippen molar-refractivity contribution in [2.75, 3.05) is 12.3 Å². The number of carbonyl (C=O) groups is 1. The summed E-state index contributed by atoms with van der Waals surface area (Å²) in [5, 5.41) is 25.1. The van der Waals surface area contributed by atoms with Crippen molar-refractivity contribution >= 4 is 41.5 Å². The Balaban J connectivity index is 1.56. The summed E-state index contributed by atoms with van der Waals surface area (Å²) in [4.78, 5) is 35.1. The Kier molecular flexibility index (Phi) is 8.42.